The molecule has 0 unspecified atom stereocenters. The van der Waals surface area contributed by atoms with Gasteiger partial charge in [-0.1, -0.05) is 53.0 Å². The van der Waals surface area contributed by atoms with Crippen molar-refractivity contribution >= 4 is 56.4 Å². The number of carbonyl (C=O) groups is 1. The Labute approximate surface area is 195 Å². The molecule has 0 aliphatic rings. The molecule has 6 nitrogen and oxygen atoms in total. The van der Waals surface area contributed by atoms with Gasteiger partial charge in [-0.2, -0.15) is 0 Å². The molecule has 0 aliphatic heterocycles. The number of anilines is 1. The summed E-state index contributed by atoms with van der Waals surface area (Å²) in [4.78, 5) is 12.0. The molecule has 0 aromatic heterocycles. The van der Waals surface area contributed by atoms with E-state index in [1.54, 1.807) is 12.1 Å². The average Bonchev–Trinajstić information content (AvgIpc) is 2.74. The summed E-state index contributed by atoms with van der Waals surface area (Å²) in [5, 5.41) is 3.83. The lowest BCUT2D eigenvalue weighted by Gasteiger charge is -2.11. The quantitative estimate of drug-likeness (QED) is 0.449. The van der Waals surface area contributed by atoms with Gasteiger partial charge in [-0.15, -0.1) is 0 Å². The van der Waals surface area contributed by atoms with E-state index in [-0.39, 0.29) is 34.7 Å². The molecule has 0 bridgehead atoms. The standard InChI is InChI=1S/C21H17Cl3N2O4S/c22-18-4-2-1-3-14(18)12-25-21(27)13-30-16-6-8-17(9-7-16)31(28,29)26-15-5-10-19(23)20(24)11-15/h1-11,26H,12-13H2,(H,25,27). The SMILES string of the molecule is O=C(COc1ccc(S(=O)(=O)Nc2ccc(Cl)c(Cl)c2)cc1)NCc1ccccc1Cl. The molecule has 2 N–H and O–H groups in total. The van der Waals surface area contributed by atoms with Crippen molar-refractivity contribution in [1.29, 1.82) is 0 Å². The van der Waals surface area contributed by atoms with E-state index in [9.17, 15) is 13.2 Å². The highest BCUT2D eigenvalue weighted by Crippen LogP contribution is 2.27. The summed E-state index contributed by atoms with van der Waals surface area (Å²) in [5.74, 6) is 0.0132. The molecule has 0 saturated carbocycles. The van der Waals surface area contributed by atoms with E-state index in [0.717, 1.165) is 5.56 Å². The van der Waals surface area contributed by atoms with Gasteiger partial charge in [0.15, 0.2) is 6.61 Å². The number of ether oxygens (including phenoxy) is 1. The maximum Gasteiger partial charge on any atom is 0.261 e. The number of halogens is 3. The highest BCUT2D eigenvalue weighted by atomic mass is 35.5. The number of carbonyl (C=O) groups excluding carboxylic acids is 1. The lowest BCUT2D eigenvalue weighted by atomic mass is 10.2. The van der Waals surface area contributed by atoms with Crippen LogP contribution in [-0.4, -0.2) is 20.9 Å². The molecule has 1 amide bonds. The van der Waals surface area contributed by atoms with Crippen LogP contribution in [-0.2, 0) is 21.4 Å². The molecule has 3 aromatic rings. The first kappa shape index (κ1) is 23.2. The first-order valence-electron chi connectivity index (χ1n) is 8.95. The Morgan fingerprint density at radius 1 is 0.871 bits per heavy atom. The van der Waals surface area contributed by atoms with E-state index in [2.05, 4.69) is 10.0 Å². The fourth-order valence-electron chi connectivity index (χ4n) is 2.52. The Hall–Kier alpha value is -2.45. The van der Waals surface area contributed by atoms with E-state index in [1.807, 2.05) is 12.1 Å². The molecule has 0 atom stereocenters. The summed E-state index contributed by atoms with van der Waals surface area (Å²) in [6.45, 7) is 0.0531. The van der Waals surface area contributed by atoms with Crippen LogP contribution in [0.5, 0.6) is 5.75 Å². The van der Waals surface area contributed by atoms with Gasteiger partial charge in [0, 0.05) is 11.6 Å². The minimum Gasteiger partial charge on any atom is -0.484 e. The molecule has 3 rings (SSSR count). The lowest BCUT2D eigenvalue weighted by molar-refractivity contribution is -0.123. The average molecular weight is 500 g/mol. The predicted molar refractivity (Wildman–Crippen MR) is 123 cm³/mol. The fourth-order valence-corrected chi connectivity index (χ4v) is 4.07. The third kappa shape index (κ3) is 6.51. The van der Waals surface area contributed by atoms with Crippen LogP contribution in [0.1, 0.15) is 5.56 Å². The molecule has 0 fully saturated rings. The largest absolute Gasteiger partial charge is 0.484 e. The summed E-state index contributed by atoms with van der Waals surface area (Å²) in [7, 11) is -3.83. The van der Waals surface area contributed by atoms with Crippen molar-refractivity contribution in [3.8, 4) is 5.75 Å². The number of hydrogen-bond donors (Lipinski definition) is 2. The van der Waals surface area contributed by atoms with Crippen LogP contribution in [0.25, 0.3) is 0 Å². The molecule has 0 heterocycles. The summed E-state index contributed by atoms with van der Waals surface area (Å²) >= 11 is 17.8. The van der Waals surface area contributed by atoms with Gasteiger partial charge in [0.2, 0.25) is 0 Å². The van der Waals surface area contributed by atoms with Gasteiger partial charge in [-0.25, -0.2) is 8.42 Å². The highest BCUT2D eigenvalue weighted by Gasteiger charge is 2.15. The molecule has 0 aliphatic carbocycles. The Morgan fingerprint density at radius 3 is 2.26 bits per heavy atom. The van der Waals surface area contributed by atoms with E-state index in [4.69, 9.17) is 39.5 Å². The smallest absolute Gasteiger partial charge is 0.261 e. The van der Waals surface area contributed by atoms with Crippen molar-refractivity contribution in [2.45, 2.75) is 11.4 Å². The van der Waals surface area contributed by atoms with Crippen molar-refractivity contribution < 1.29 is 17.9 Å². The third-order valence-corrected chi connectivity index (χ3v) is 6.61. The Bertz CT molecular complexity index is 1190. The minimum atomic E-state index is -3.83. The van der Waals surface area contributed by atoms with E-state index >= 15 is 0 Å². The van der Waals surface area contributed by atoms with Crippen molar-refractivity contribution in [3.05, 3.63) is 87.4 Å². The topological polar surface area (TPSA) is 84.5 Å². The molecule has 31 heavy (non-hydrogen) atoms. The van der Waals surface area contributed by atoms with Crippen LogP contribution >= 0.6 is 34.8 Å². The predicted octanol–water partition coefficient (Wildman–Crippen LogP) is 5.14. The van der Waals surface area contributed by atoms with Gasteiger partial charge in [-0.05, 0) is 54.1 Å². The van der Waals surface area contributed by atoms with Gasteiger partial charge in [0.05, 0.1) is 20.6 Å². The van der Waals surface area contributed by atoms with Gasteiger partial charge in [-0.3, -0.25) is 9.52 Å². The van der Waals surface area contributed by atoms with Gasteiger partial charge in [0.1, 0.15) is 5.75 Å². The zero-order valence-electron chi connectivity index (χ0n) is 15.9. The zero-order valence-corrected chi connectivity index (χ0v) is 19.0. The number of hydrogen-bond acceptors (Lipinski definition) is 4. The summed E-state index contributed by atoms with van der Waals surface area (Å²) in [5.41, 5.74) is 1.08. The molecular weight excluding hydrogens is 483 g/mol. The van der Waals surface area contributed by atoms with E-state index in [1.165, 1.54) is 42.5 Å². The first-order chi connectivity index (χ1) is 14.7. The molecule has 0 spiro atoms. The van der Waals surface area contributed by atoms with E-state index < -0.39 is 10.0 Å². The first-order valence-corrected chi connectivity index (χ1v) is 11.6. The number of nitrogens with one attached hydrogen (secondary N) is 2. The van der Waals surface area contributed by atoms with E-state index in [0.29, 0.717) is 15.8 Å². The van der Waals surface area contributed by atoms with Gasteiger partial charge >= 0.3 is 0 Å². The molecule has 3 aromatic carbocycles. The van der Waals surface area contributed by atoms with Crippen molar-refractivity contribution in [3.63, 3.8) is 0 Å². The van der Waals surface area contributed by atoms with Crippen LogP contribution in [0.3, 0.4) is 0 Å². The minimum absolute atomic E-state index is 0.0223. The van der Waals surface area contributed by atoms with Crippen LogP contribution in [0.4, 0.5) is 5.69 Å². The Balaban J connectivity index is 1.55. The fraction of sp³-hybridized carbons (Fsp3) is 0.0952. The van der Waals surface area contributed by atoms with Gasteiger partial charge < -0.3 is 10.1 Å². The molecular formula is C21H17Cl3N2O4S. The molecule has 0 radical (unpaired) electrons. The number of rotatable bonds is 8. The zero-order chi connectivity index (χ0) is 22.4. The second-order valence-corrected chi connectivity index (χ2v) is 9.27. The van der Waals surface area contributed by atoms with Crippen molar-refractivity contribution in [2.24, 2.45) is 0 Å². The molecule has 10 heteroatoms. The Morgan fingerprint density at radius 2 is 1.58 bits per heavy atom. The lowest BCUT2D eigenvalue weighted by Crippen LogP contribution is -2.28. The molecule has 0 saturated heterocycles. The van der Waals surface area contributed by atoms with Crippen LogP contribution in [0, 0.1) is 0 Å². The normalized spacial score (nSPS) is 11.1. The summed E-state index contributed by atoms with van der Waals surface area (Å²) in [6, 6.07) is 17.3. The van der Waals surface area contributed by atoms with Gasteiger partial charge in [0.25, 0.3) is 15.9 Å². The van der Waals surface area contributed by atoms with Crippen LogP contribution in [0.2, 0.25) is 15.1 Å². The second kappa shape index (κ2) is 10.2. The number of amides is 1. The maximum atomic E-state index is 12.5. The second-order valence-electron chi connectivity index (χ2n) is 6.36. The van der Waals surface area contributed by atoms with Crippen molar-refractivity contribution in [1.82, 2.24) is 5.32 Å². The van der Waals surface area contributed by atoms with Crippen molar-refractivity contribution in [2.75, 3.05) is 11.3 Å². The summed E-state index contributed by atoms with van der Waals surface area (Å²) < 4.78 is 32.9. The number of sulfonamides is 1. The maximum absolute atomic E-state index is 12.5. The number of benzene rings is 3. The molecule has 162 valence electrons. The summed E-state index contributed by atoms with van der Waals surface area (Å²) in [6.07, 6.45) is 0. The highest BCUT2D eigenvalue weighted by molar-refractivity contribution is 7.92. The monoisotopic (exact) mass is 498 g/mol. The van der Waals surface area contributed by atoms with Crippen LogP contribution < -0.4 is 14.8 Å². The van der Waals surface area contributed by atoms with Crippen LogP contribution in [0.15, 0.2) is 71.6 Å². The Kier molecular flexibility index (Phi) is 7.67. The third-order valence-electron chi connectivity index (χ3n) is 4.11.